The van der Waals surface area contributed by atoms with E-state index in [2.05, 4.69) is 34.6 Å². The summed E-state index contributed by atoms with van der Waals surface area (Å²) in [5.41, 5.74) is -0.985. The molecule has 2 spiro atoms. The van der Waals surface area contributed by atoms with Crippen molar-refractivity contribution in [3.8, 4) is 0 Å². The second kappa shape index (κ2) is 8.27. The Balaban J connectivity index is 1.20. The maximum atomic E-state index is 12.7. The molecule has 40 heavy (non-hydrogen) atoms. The molecule has 3 N–H and O–H groups in total. The number of hydrogen-bond donors (Lipinski definition) is 3. The number of aliphatic hydroxyl groups is 3. The largest absolute Gasteiger partial charge is 0.456 e. The molecule has 0 aromatic heterocycles. The van der Waals surface area contributed by atoms with Gasteiger partial charge in [0.15, 0.2) is 6.10 Å². The van der Waals surface area contributed by atoms with Crippen LogP contribution in [0, 0.1) is 56.7 Å². The van der Waals surface area contributed by atoms with Crippen molar-refractivity contribution in [2.45, 2.75) is 149 Å². The van der Waals surface area contributed by atoms with E-state index in [1.54, 1.807) is 13.8 Å². The van der Waals surface area contributed by atoms with Crippen molar-refractivity contribution >= 4 is 5.97 Å². The zero-order valence-electron chi connectivity index (χ0n) is 25.9. The molecule has 1 aliphatic heterocycles. The van der Waals surface area contributed by atoms with Gasteiger partial charge in [0, 0.05) is 5.41 Å². The third-order valence-corrected chi connectivity index (χ3v) is 15.0. The monoisotopic (exact) mass is 558 g/mol. The SMILES string of the molecule is C[C@@H]1CC([C@H](OC(=O)C2CC2)C(C)(C)O)OC2[C@H]1[C@@]1(C)CC[C@@]34C[C@@]35CC[C@H](O)C(C)(C)[C@@H]5CCC4[C@]1(C)[C@H]2O. The van der Waals surface area contributed by atoms with E-state index in [1.165, 1.54) is 12.8 Å². The summed E-state index contributed by atoms with van der Waals surface area (Å²) < 4.78 is 12.8. The maximum Gasteiger partial charge on any atom is 0.309 e. The molecule has 6 aliphatic carbocycles. The molecule has 7 fully saturated rings. The quantitative estimate of drug-likeness (QED) is 0.408. The Bertz CT molecular complexity index is 1080. The van der Waals surface area contributed by atoms with Crippen molar-refractivity contribution in [1.29, 1.82) is 0 Å². The van der Waals surface area contributed by atoms with Gasteiger partial charge in [0.05, 0.1) is 35.9 Å². The molecule has 0 radical (unpaired) electrons. The normalized spacial score (nSPS) is 55.1. The Morgan fingerprint density at radius 1 is 0.950 bits per heavy atom. The molecule has 0 bridgehead atoms. The molecule has 6 heteroatoms. The summed E-state index contributed by atoms with van der Waals surface area (Å²) in [6, 6.07) is 0. The second-order valence-electron chi connectivity index (χ2n) is 17.4. The lowest BCUT2D eigenvalue weighted by atomic mass is 9.41. The second-order valence-corrected chi connectivity index (χ2v) is 17.4. The third kappa shape index (κ3) is 3.29. The number of fused-ring (bicyclic) bond motifs is 4. The standard InChI is InChI=1S/C34H54O6/c1-18-16-20(27(30(4,5)38)40-28(37)19-8-9-19)39-25-24(18)31(6)14-15-34-17-33(34)13-12-23(35)29(2,3)21(33)10-11-22(34)32(31,7)26(25)36/h18-27,35-36,38H,8-17H2,1-7H3/t18-,20?,21+,22?,23+,24+,25?,26+,27+,31-,32-,33-,34+/m1/s1. The summed E-state index contributed by atoms with van der Waals surface area (Å²) >= 11 is 0. The first-order chi connectivity index (χ1) is 18.5. The highest BCUT2D eigenvalue weighted by molar-refractivity contribution is 5.75. The molecule has 0 aromatic rings. The number of carbonyl (C=O) groups is 1. The van der Waals surface area contributed by atoms with Gasteiger partial charge < -0.3 is 24.8 Å². The maximum absolute atomic E-state index is 12.7. The Labute approximate surface area is 241 Å². The lowest BCUT2D eigenvalue weighted by Gasteiger charge is -2.63. The Morgan fingerprint density at radius 3 is 2.25 bits per heavy atom. The smallest absolute Gasteiger partial charge is 0.309 e. The number of aliphatic hydroxyl groups excluding tert-OH is 2. The van der Waals surface area contributed by atoms with Gasteiger partial charge in [0.1, 0.15) is 0 Å². The van der Waals surface area contributed by atoms with Crippen LogP contribution in [0.3, 0.4) is 0 Å². The summed E-state index contributed by atoms with van der Waals surface area (Å²) in [5, 5.41) is 34.5. The van der Waals surface area contributed by atoms with Gasteiger partial charge in [0.2, 0.25) is 0 Å². The Hall–Kier alpha value is -0.690. The number of esters is 1. The minimum absolute atomic E-state index is 0.0351. The van der Waals surface area contributed by atoms with Crippen LogP contribution in [0.4, 0.5) is 0 Å². The first kappa shape index (κ1) is 28.1. The highest BCUT2D eigenvalue weighted by Crippen LogP contribution is 2.89. The molecule has 226 valence electrons. The number of rotatable bonds is 4. The van der Waals surface area contributed by atoms with Crippen LogP contribution >= 0.6 is 0 Å². The molecule has 0 amide bonds. The summed E-state index contributed by atoms with van der Waals surface area (Å²) in [7, 11) is 0. The van der Waals surface area contributed by atoms with Crippen molar-refractivity contribution in [1.82, 2.24) is 0 Å². The highest BCUT2D eigenvalue weighted by atomic mass is 16.6. The lowest BCUT2D eigenvalue weighted by Crippen LogP contribution is -2.59. The van der Waals surface area contributed by atoms with E-state index in [0.717, 1.165) is 51.4 Å². The first-order valence-electron chi connectivity index (χ1n) is 16.5. The van der Waals surface area contributed by atoms with Crippen LogP contribution in [-0.2, 0) is 14.3 Å². The van der Waals surface area contributed by atoms with E-state index in [0.29, 0.717) is 17.3 Å². The fourth-order valence-electron chi connectivity index (χ4n) is 12.7. The van der Waals surface area contributed by atoms with Gasteiger partial charge in [-0.2, -0.15) is 0 Å². The minimum Gasteiger partial charge on any atom is -0.456 e. The number of hydrogen-bond acceptors (Lipinski definition) is 6. The zero-order chi connectivity index (χ0) is 28.8. The van der Waals surface area contributed by atoms with Gasteiger partial charge in [-0.3, -0.25) is 4.79 Å². The molecule has 7 rings (SSSR count). The molecule has 1 saturated heterocycles. The Kier molecular flexibility index (Phi) is 5.81. The first-order valence-corrected chi connectivity index (χ1v) is 16.5. The predicted molar refractivity (Wildman–Crippen MR) is 151 cm³/mol. The van der Waals surface area contributed by atoms with Crippen molar-refractivity contribution < 1.29 is 29.6 Å². The molecule has 6 saturated carbocycles. The number of ether oxygens (including phenoxy) is 2. The molecule has 13 atom stereocenters. The van der Waals surface area contributed by atoms with E-state index in [9.17, 15) is 20.1 Å². The van der Waals surface area contributed by atoms with Crippen LogP contribution in [0.5, 0.6) is 0 Å². The van der Waals surface area contributed by atoms with Crippen LogP contribution in [0.2, 0.25) is 0 Å². The van der Waals surface area contributed by atoms with Gasteiger partial charge in [0.25, 0.3) is 0 Å². The van der Waals surface area contributed by atoms with Crippen molar-refractivity contribution in [2.75, 3.05) is 0 Å². The number of carbonyl (C=O) groups excluding carboxylic acids is 1. The van der Waals surface area contributed by atoms with E-state index in [4.69, 9.17) is 9.47 Å². The molecule has 1 heterocycles. The van der Waals surface area contributed by atoms with E-state index < -0.39 is 23.9 Å². The van der Waals surface area contributed by atoms with Gasteiger partial charge in [-0.1, -0.05) is 34.6 Å². The summed E-state index contributed by atoms with van der Waals surface area (Å²) in [4.78, 5) is 12.7. The van der Waals surface area contributed by atoms with E-state index in [1.807, 2.05) is 0 Å². The minimum atomic E-state index is -1.23. The third-order valence-electron chi connectivity index (χ3n) is 15.0. The van der Waals surface area contributed by atoms with Crippen molar-refractivity contribution in [3.05, 3.63) is 0 Å². The topological polar surface area (TPSA) is 96.2 Å². The van der Waals surface area contributed by atoms with Crippen LogP contribution in [0.1, 0.15) is 113 Å². The molecular weight excluding hydrogens is 504 g/mol. The van der Waals surface area contributed by atoms with Gasteiger partial charge in [-0.15, -0.1) is 0 Å². The van der Waals surface area contributed by atoms with Crippen LogP contribution in [-0.4, -0.2) is 57.4 Å². The van der Waals surface area contributed by atoms with E-state index >= 15 is 0 Å². The summed E-state index contributed by atoms with van der Waals surface area (Å²) in [6.07, 6.45) is 8.03. The van der Waals surface area contributed by atoms with Crippen LogP contribution in [0.15, 0.2) is 0 Å². The molecular formula is C34H54O6. The van der Waals surface area contributed by atoms with E-state index in [-0.39, 0.29) is 57.6 Å². The molecule has 3 unspecified atom stereocenters. The predicted octanol–water partition coefficient (Wildman–Crippen LogP) is 5.25. The summed E-state index contributed by atoms with van der Waals surface area (Å²) in [5.74, 6) is 1.27. The average molecular weight is 559 g/mol. The van der Waals surface area contributed by atoms with Crippen LogP contribution in [0.25, 0.3) is 0 Å². The molecule has 0 aromatic carbocycles. The zero-order valence-corrected chi connectivity index (χ0v) is 25.9. The average Bonchev–Trinajstić information content (AvgIpc) is 3.78. The lowest BCUT2D eigenvalue weighted by molar-refractivity contribution is -0.218. The molecule has 7 aliphatic rings. The van der Waals surface area contributed by atoms with Gasteiger partial charge in [-0.25, -0.2) is 0 Å². The van der Waals surface area contributed by atoms with Crippen molar-refractivity contribution in [3.63, 3.8) is 0 Å². The van der Waals surface area contributed by atoms with Gasteiger partial charge >= 0.3 is 5.97 Å². The fraction of sp³-hybridized carbons (Fsp3) is 0.971. The molecule has 6 nitrogen and oxygen atoms in total. The van der Waals surface area contributed by atoms with Crippen LogP contribution < -0.4 is 0 Å². The Morgan fingerprint density at radius 2 is 1.60 bits per heavy atom. The highest BCUT2D eigenvalue weighted by Gasteiger charge is 2.84. The summed E-state index contributed by atoms with van der Waals surface area (Å²) in [6.45, 7) is 15.2. The fourth-order valence-corrected chi connectivity index (χ4v) is 12.7. The van der Waals surface area contributed by atoms with Crippen molar-refractivity contribution in [2.24, 2.45) is 56.7 Å². The van der Waals surface area contributed by atoms with Gasteiger partial charge in [-0.05, 0) is 123 Å².